The van der Waals surface area contributed by atoms with Crippen LogP contribution in [-0.2, 0) is 9.59 Å². The maximum absolute atomic E-state index is 11.4. The molecule has 0 aromatic carbocycles. The molecule has 1 amide bonds. The molecule has 1 unspecified atom stereocenters. The molecule has 1 aliphatic rings. The van der Waals surface area contributed by atoms with Gasteiger partial charge in [-0.2, -0.15) is 0 Å². The van der Waals surface area contributed by atoms with Gasteiger partial charge in [0, 0.05) is 6.54 Å². The van der Waals surface area contributed by atoms with Gasteiger partial charge in [-0.1, -0.05) is 5.92 Å². The highest BCUT2D eigenvalue weighted by atomic mass is 16.4. The van der Waals surface area contributed by atoms with Gasteiger partial charge in [0.2, 0.25) is 5.91 Å². The summed E-state index contributed by atoms with van der Waals surface area (Å²) in [6.07, 6.45) is 7.26. The Morgan fingerprint density at radius 1 is 1.50 bits per heavy atom. The van der Waals surface area contributed by atoms with Gasteiger partial charge in [-0.3, -0.25) is 4.79 Å². The Hall–Kier alpha value is -1.50. The third kappa shape index (κ3) is 2.25. The summed E-state index contributed by atoms with van der Waals surface area (Å²) in [5.74, 6) is 1.05. The van der Waals surface area contributed by atoms with Gasteiger partial charge in [0.1, 0.15) is 6.04 Å². The van der Waals surface area contributed by atoms with Crippen LogP contribution >= 0.6 is 0 Å². The lowest BCUT2D eigenvalue weighted by atomic mass is 10.0. The highest BCUT2D eigenvalue weighted by Crippen LogP contribution is 2.17. The van der Waals surface area contributed by atoms with Crippen molar-refractivity contribution in [3.05, 3.63) is 0 Å². The fraction of sp³-hybridized carbons (Fsp3) is 0.600. The number of hydrogen-bond acceptors (Lipinski definition) is 2. The van der Waals surface area contributed by atoms with Crippen LogP contribution in [0.3, 0.4) is 0 Å². The van der Waals surface area contributed by atoms with Crippen molar-refractivity contribution in [3.63, 3.8) is 0 Å². The number of carboxylic acid groups (broad SMARTS) is 1. The number of likely N-dealkylation sites (tertiary alicyclic amines) is 1. The number of aliphatic carboxylic acids is 1. The Morgan fingerprint density at radius 3 is 2.79 bits per heavy atom. The molecule has 0 aliphatic carbocycles. The van der Waals surface area contributed by atoms with Crippen LogP contribution in [0.5, 0.6) is 0 Å². The smallest absolute Gasteiger partial charge is 0.326 e. The topological polar surface area (TPSA) is 57.6 Å². The summed E-state index contributed by atoms with van der Waals surface area (Å²) >= 11 is 0. The van der Waals surface area contributed by atoms with Gasteiger partial charge < -0.3 is 10.0 Å². The first-order chi connectivity index (χ1) is 6.66. The fourth-order valence-corrected chi connectivity index (χ4v) is 1.68. The molecule has 1 N–H and O–H groups in total. The van der Waals surface area contributed by atoms with Crippen molar-refractivity contribution >= 4 is 11.9 Å². The molecule has 1 rings (SSSR count). The van der Waals surface area contributed by atoms with Crippen molar-refractivity contribution in [2.75, 3.05) is 6.54 Å². The maximum Gasteiger partial charge on any atom is 0.326 e. The number of hydrogen-bond donors (Lipinski definition) is 1. The number of carboxylic acids is 1. The number of piperidine rings is 1. The van der Waals surface area contributed by atoms with E-state index in [9.17, 15) is 9.59 Å². The Labute approximate surface area is 82.9 Å². The molecule has 14 heavy (non-hydrogen) atoms. The Balaban J connectivity index is 2.68. The first-order valence-electron chi connectivity index (χ1n) is 4.62. The summed E-state index contributed by atoms with van der Waals surface area (Å²) in [5, 5.41) is 8.88. The number of rotatable bonds is 2. The Kier molecular flexibility index (Phi) is 3.52. The predicted octanol–water partition coefficient (Wildman–Crippen LogP) is 0.475. The van der Waals surface area contributed by atoms with Crippen LogP contribution in [0.2, 0.25) is 0 Å². The summed E-state index contributed by atoms with van der Waals surface area (Å²) in [5.41, 5.74) is 0. The van der Waals surface area contributed by atoms with Gasteiger partial charge in [0.05, 0.1) is 6.42 Å². The number of nitrogens with zero attached hydrogens (tertiary/aromatic N) is 1. The summed E-state index contributed by atoms with van der Waals surface area (Å²) in [6, 6.07) is -0.676. The van der Waals surface area contributed by atoms with Gasteiger partial charge in [0.15, 0.2) is 0 Å². The van der Waals surface area contributed by atoms with E-state index in [0.29, 0.717) is 13.0 Å². The van der Waals surface area contributed by atoms with Gasteiger partial charge >= 0.3 is 5.97 Å². The third-order valence-electron chi connectivity index (χ3n) is 2.36. The molecular weight excluding hydrogens is 182 g/mol. The SMILES string of the molecule is C#CCC(=O)N1CCCCC1C(=O)O. The second-order valence-corrected chi connectivity index (χ2v) is 3.32. The molecule has 4 nitrogen and oxygen atoms in total. The molecule has 0 spiro atoms. The summed E-state index contributed by atoms with van der Waals surface area (Å²) in [7, 11) is 0. The molecule has 76 valence electrons. The second kappa shape index (κ2) is 4.66. The summed E-state index contributed by atoms with van der Waals surface area (Å²) in [4.78, 5) is 23.6. The van der Waals surface area contributed by atoms with Crippen LogP contribution in [-0.4, -0.2) is 34.5 Å². The monoisotopic (exact) mass is 195 g/mol. The summed E-state index contributed by atoms with van der Waals surface area (Å²) in [6.45, 7) is 0.511. The minimum Gasteiger partial charge on any atom is -0.480 e. The van der Waals surface area contributed by atoms with E-state index in [2.05, 4.69) is 5.92 Å². The zero-order valence-corrected chi connectivity index (χ0v) is 7.90. The van der Waals surface area contributed by atoms with E-state index < -0.39 is 12.0 Å². The molecule has 4 heteroatoms. The molecule has 1 saturated heterocycles. The maximum atomic E-state index is 11.4. The number of carbonyl (C=O) groups excluding carboxylic acids is 1. The average molecular weight is 195 g/mol. The van der Waals surface area contributed by atoms with Crippen LogP contribution in [0.15, 0.2) is 0 Å². The van der Waals surface area contributed by atoms with Crippen molar-refractivity contribution in [3.8, 4) is 12.3 Å². The largest absolute Gasteiger partial charge is 0.480 e. The minimum atomic E-state index is -0.935. The van der Waals surface area contributed by atoms with Crippen LogP contribution in [0.4, 0.5) is 0 Å². The molecule has 0 saturated carbocycles. The van der Waals surface area contributed by atoms with Crippen LogP contribution in [0.25, 0.3) is 0 Å². The van der Waals surface area contributed by atoms with Crippen LogP contribution in [0.1, 0.15) is 25.7 Å². The van der Waals surface area contributed by atoms with E-state index >= 15 is 0 Å². The van der Waals surface area contributed by atoms with E-state index in [1.807, 2.05) is 0 Å². The highest BCUT2D eigenvalue weighted by Gasteiger charge is 2.31. The van der Waals surface area contributed by atoms with E-state index in [-0.39, 0.29) is 12.3 Å². The average Bonchev–Trinajstić information content (AvgIpc) is 2.18. The first-order valence-corrected chi connectivity index (χ1v) is 4.62. The second-order valence-electron chi connectivity index (χ2n) is 3.32. The number of terminal acetylenes is 1. The standard InChI is InChI=1S/C10H13NO3/c1-2-5-9(12)11-7-4-3-6-8(11)10(13)14/h1,8H,3-7H2,(H,13,14). The number of amides is 1. The van der Waals surface area contributed by atoms with Crippen molar-refractivity contribution in [1.82, 2.24) is 4.90 Å². The lowest BCUT2D eigenvalue weighted by molar-refractivity contribution is -0.151. The molecule has 1 fully saturated rings. The zero-order valence-electron chi connectivity index (χ0n) is 7.90. The predicted molar refractivity (Wildman–Crippen MR) is 50.4 cm³/mol. The van der Waals surface area contributed by atoms with Crippen molar-refractivity contribution < 1.29 is 14.7 Å². The van der Waals surface area contributed by atoms with Crippen LogP contribution < -0.4 is 0 Å². The lowest BCUT2D eigenvalue weighted by Crippen LogP contribution is -2.47. The first kappa shape index (κ1) is 10.6. The highest BCUT2D eigenvalue weighted by molar-refractivity contribution is 5.85. The van der Waals surface area contributed by atoms with Crippen molar-refractivity contribution in [2.24, 2.45) is 0 Å². The van der Waals surface area contributed by atoms with Crippen LogP contribution in [0, 0.1) is 12.3 Å². The third-order valence-corrected chi connectivity index (χ3v) is 2.36. The fourth-order valence-electron chi connectivity index (χ4n) is 1.68. The van der Waals surface area contributed by atoms with E-state index in [1.54, 1.807) is 0 Å². The van der Waals surface area contributed by atoms with E-state index in [1.165, 1.54) is 4.90 Å². The number of carbonyl (C=O) groups is 2. The van der Waals surface area contributed by atoms with Gasteiger partial charge in [0.25, 0.3) is 0 Å². The van der Waals surface area contributed by atoms with Gasteiger partial charge in [-0.15, -0.1) is 6.42 Å². The zero-order chi connectivity index (χ0) is 10.6. The lowest BCUT2D eigenvalue weighted by Gasteiger charge is -2.32. The molecule has 0 bridgehead atoms. The molecule has 0 radical (unpaired) electrons. The Morgan fingerprint density at radius 2 is 2.21 bits per heavy atom. The van der Waals surface area contributed by atoms with Crippen molar-refractivity contribution in [2.45, 2.75) is 31.7 Å². The van der Waals surface area contributed by atoms with Gasteiger partial charge in [-0.05, 0) is 19.3 Å². The van der Waals surface area contributed by atoms with E-state index in [4.69, 9.17) is 11.5 Å². The minimum absolute atomic E-state index is 0.0101. The van der Waals surface area contributed by atoms with E-state index in [0.717, 1.165) is 12.8 Å². The quantitative estimate of drug-likeness (QED) is 0.652. The Bertz CT molecular complexity index is 280. The normalized spacial score (nSPS) is 21.4. The molecule has 1 atom stereocenters. The summed E-state index contributed by atoms with van der Waals surface area (Å²) < 4.78 is 0. The molecule has 0 aromatic heterocycles. The van der Waals surface area contributed by atoms with Gasteiger partial charge in [-0.25, -0.2) is 4.79 Å². The molecular formula is C10H13NO3. The molecule has 0 aromatic rings. The molecule has 1 heterocycles. The molecule has 1 aliphatic heterocycles. The van der Waals surface area contributed by atoms with Crippen molar-refractivity contribution in [1.29, 1.82) is 0 Å².